The first-order valence-corrected chi connectivity index (χ1v) is 14.2. The quantitative estimate of drug-likeness (QED) is 0.310. The van der Waals surface area contributed by atoms with Crippen LogP contribution in [0, 0.1) is 0 Å². The average molecular weight is 561 g/mol. The predicted octanol–water partition coefficient (Wildman–Crippen LogP) is 4.92. The molecule has 3 aromatic rings. The number of thiophene rings is 1. The van der Waals surface area contributed by atoms with Crippen molar-refractivity contribution in [3.63, 3.8) is 0 Å². The van der Waals surface area contributed by atoms with Crippen LogP contribution >= 0.6 is 22.9 Å². The summed E-state index contributed by atoms with van der Waals surface area (Å²) in [4.78, 5) is 25.6. The molecule has 0 atom stereocenters. The van der Waals surface area contributed by atoms with Crippen LogP contribution in [0.2, 0.25) is 5.02 Å². The Balaban J connectivity index is 1.48. The number of carbonyl (C=O) groups is 2. The monoisotopic (exact) mass is 560 g/mol. The Kier molecular flexibility index (Phi) is 8.78. The second-order valence-corrected chi connectivity index (χ2v) is 11.2. The Morgan fingerprint density at radius 2 is 1.78 bits per heavy atom. The molecular formula is C26H25ClN2O6S2. The summed E-state index contributed by atoms with van der Waals surface area (Å²) in [6.45, 7) is 3.29. The molecule has 1 saturated heterocycles. The number of esters is 1. The summed E-state index contributed by atoms with van der Waals surface area (Å²) in [7, 11) is -3.59. The van der Waals surface area contributed by atoms with Crippen LogP contribution in [0.1, 0.15) is 22.8 Å². The van der Waals surface area contributed by atoms with Crippen LogP contribution in [-0.4, -0.2) is 57.5 Å². The van der Waals surface area contributed by atoms with Gasteiger partial charge in [-0.1, -0.05) is 35.9 Å². The fourth-order valence-electron chi connectivity index (χ4n) is 3.71. The minimum Gasteiger partial charge on any atom is -0.462 e. The molecular weight excluding hydrogens is 536 g/mol. The number of sulfonamides is 1. The molecule has 0 aliphatic carbocycles. The third kappa shape index (κ3) is 6.46. The zero-order chi connectivity index (χ0) is 26.4. The van der Waals surface area contributed by atoms with E-state index in [2.05, 4.69) is 5.32 Å². The molecule has 37 heavy (non-hydrogen) atoms. The molecule has 1 aliphatic rings. The second-order valence-electron chi connectivity index (χ2n) is 7.99. The predicted molar refractivity (Wildman–Crippen MR) is 144 cm³/mol. The Hall–Kier alpha value is -3.02. The van der Waals surface area contributed by atoms with Crippen LogP contribution in [0.5, 0.6) is 0 Å². The standard InChI is InChI=1S/C26H25ClN2O6S2/c1-2-35-26(31)24-22(19-6-8-20(27)9-7-19)17-36-25(24)28-23(30)12-5-18-3-10-21(11-4-18)37(32,33)29-13-15-34-16-14-29/h3-12,17H,2,13-16H2,1H3,(H,28,30)/b12-5+. The summed E-state index contributed by atoms with van der Waals surface area (Å²) in [5.41, 5.74) is 2.33. The van der Waals surface area contributed by atoms with Crippen molar-refractivity contribution >= 4 is 55.9 Å². The highest BCUT2D eigenvalue weighted by Gasteiger charge is 2.26. The lowest BCUT2D eigenvalue weighted by atomic mass is 10.0. The van der Waals surface area contributed by atoms with Crippen LogP contribution in [0.4, 0.5) is 5.00 Å². The maximum Gasteiger partial charge on any atom is 0.341 e. The van der Waals surface area contributed by atoms with Crippen molar-refractivity contribution < 1.29 is 27.5 Å². The van der Waals surface area contributed by atoms with Gasteiger partial charge in [0.25, 0.3) is 0 Å². The first kappa shape index (κ1) is 27.0. The molecule has 11 heteroatoms. The number of morpholine rings is 1. The van der Waals surface area contributed by atoms with Crippen molar-refractivity contribution in [3.05, 3.63) is 76.1 Å². The van der Waals surface area contributed by atoms with Crippen LogP contribution < -0.4 is 5.32 Å². The van der Waals surface area contributed by atoms with Gasteiger partial charge in [-0.3, -0.25) is 4.79 Å². The largest absolute Gasteiger partial charge is 0.462 e. The van der Waals surface area contributed by atoms with Crippen molar-refractivity contribution in [2.75, 3.05) is 38.2 Å². The van der Waals surface area contributed by atoms with Crippen LogP contribution in [0.15, 0.2) is 64.9 Å². The average Bonchev–Trinajstić information content (AvgIpc) is 3.32. The van der Waals surface area contributed by atoms with Crippen molar-refractivity contribution in [3.8, 4) is 11.1 Å². The zero-order valence-corrected chi connectivity index (χ0v) is 22.4. The van der Waals surface area contributed by atoms with Gasteiger partial charge in [0.05, 0.1) is 24.7 Å². The normalized spacial score (nSPS) is 14.5. The Morgan fingerprint density at radius 1 is 1.11 bits per heavy atom. The highest BCUT2D eigenvalue weighted by Crippen LogP contribution is 2.36. The summed E-state index contributed by atoms with van der Waals surface area (Å²) in [5.74, 6) is -0.981. The van der Waals surface area contributed by atoms with Crippen LogP contribution in [-0.2, 0) is 24.3 Å². The van der Waals surface area contributed by atoms with Gasteiger partial charge < -0.3 is 14.8 Å². The Labute approximate surface area is 224 Å². The highest BCUT2D eigenvalue weighted by molar-refractivity contribution is 7.89. The Morgan fingerprint density at radius 3 is 2.43 bits per heavy atom. The van der Waals surface area contributed by atoms with Crippen molar-refractivity contribution in [1.82, 2.24) is 4.31 Å². The fraction of sp³-hybridized carbons (Fsp3) is 0.231. The number of halogens is 1. The van der Waals surface area contributed by atoms with Gasteiger partial charge in [0, 0.05) is 35.1 Å². The van der Waals surface area contributed by atoms with Crippen LogP contribution in [0.3, 0.4) is 0 Å². The summed E-state index contributed by atoms with van der Waals surface area (Å²) in [5, 5.41) is 5.47. The summed E-state index contributed by atoms with van der Waals surface area (Å²) < 4.78 is 37.4. The third-order valence-corrected chi connectivity index (χ3v) is 8.64. The first-order valence-electron chi connectivity index (χ1n) is 11.5. The number of amides is 1. The van der Waals surface area contributed by atoms with Gasteiger partial charge in [0.15, 0.2) is 0 Å². The maximum absolute atomic E-state index is 12.8. The highest BCUT2D eigenvalue weighted by atomic mass is 35.5. The van der Waals surface area contributed by atoms with E-state index in [1.54, 1.807) is 54.8 Å². The number of anilines is 1. The number of carbonyl (C=O) groups excluding carboxylic acids is 2. The molecule has 1 fully saturated rings. The van der Waals surface area contributed by atoms with E-state index >= 15 is 0 Å². The van der Waals surface area contributed by atoms with E-state index in [1.807, 2.05) is 0 Å². The number of nitrogens with zero attached hydrogens (tertiary/aromatic N) is 1. The Bertz CT molecular complexity index is 1390. The van der Waals surface area contributed by atoms with Gasteiger partial charge in [-0.25, -0.2) is 13.2 Å². The number of benzene rings is 2. The number of ether oxygens (including phenoxy) is 2. The molecule has 2 heterocycles. The van der Waals surface area contributed by atoms with E-state index in [4.69, 9.17) is 21.1 Å². The molecule has 0 saturated carbocycles. The van der Waals surface area contributed by atoms with E-state index in [0.717, 1.165) is 5.56 Å². The number of hydrogen-bond donors (Lipinski definition) is 1. The lowest BCUT2D eigenvalue weighted by Gasteiger charge is -2.26. The van der Waals surface area contributed by atoms with E-state index in [-0.39, 0.29) is 17.1 Å². The van der Waals surface area contributed by atoms with E-state index < -0.39 is 21.9 Å². The molecule has 4 rings (SSSR count). The molecule has 1 amide bonds. The SMILES string of the molecule is CCOC(=O)c1c(-c2ccc(Cl)cc2)csc1NC(=O)/C=C/c1ccc(S(=O)(=O)N2CCOCC2)cc1. The topological polar surface area (TPSA) is 102 Å². The molecule has 1 aromatic heterocycles. The lowest BCUT2D eigenvalue weighted by molar-refractivity contribution is -0.111. The zero-order valence-electron chi connectivity index (χ0n) is 20.0. The summed E-state index contributed by atoms with van der Waals surface area (Å²) in [6.07, 6.45) is 2.89. The molecule has 0 bridgehead atoms. The van der Waals surface area contributed by atoms with E-state index in [1.165, 1.54) is 33.9 Å². The summed E-state index contributed by atoms with van der Waals surface area (Å²) in [6, 6.07) is 13.3. The smallest absolute Gasteiger partial charge is 0.341 e. The van der Waals surface area contributed by atoms with Crippen molar-refractivity contribution in [1.29, 1.82) is 0 Å². The first-order chi connectivity index (χ1) is 17.8. The van der Waals surface area contributed by atoms with Crippen molar-refractivity contribution in [2.45, 2.75) is 11.8 Å². The fourth-order valence-corrected chi connectivity index (χ4v) is 6.20. The molecule has 8 nitrogen and oxygen atoms in total. The van der Waals surface area contributed by atoms with Gasteiger partial charge in [0.1, 0.15) is 10.6 Å². The van der Waals surface area contributed by atoms with Gasteiger partial charge in [-0.05, 0) is 48.4 Å². The van der Waals surface area contributed by atoms with E-state index in [0.29, 0.717) is 47.5 Å². The molecule has 1 N–H and O–H groups in total. The number of hydrogen-bond acceptors (Lipinski definition) is 7. The third-order valence-electron chi connectivity index (χ3n) is 5.58. The molecule has 1 aliphatic heterocycles. The number of rotatable bonds is 8. The molecule has 0 spiro atoms. The van der Waals surface area contributed by atoms with Gasteiger partial charge in [0.2, 0.25) is 15.9 Å². The second kappa shape index (κ2) is 12.0. The molecule has 0 unspecified atom stereocenters. The molecule has 0 radical (unpaired) electrons. The summed E-state index contributed by atoms with van der Waals surface area (Å²) >= 11 is 7.20. The lowest BCUT2D eigenvalue weighted by Crippen LogP contribution is -2.40. The van der Waals surface area contributed by atoms with Gasteiger partial charge in [-0.2, -0.15) is 4.31 Å². The van der Waals surface area contributed by atoms with Crippen molar-refractivity contribution in [2.24, 2.45) is 0 Å². The minimum absolute atomic E-state index is 0.184. The molecule has 194 valence electrons. The molecule has 2 aromatic carbocycles. The minimum atomic E-state index is -3.59. The van der Waals surface area contributed by atoms with E-state index in [9.17, 15) is 18.0 Å². The van der Waals surface area contributed by atoms with Gasteiger partial charge in [-0.15, -0.1) is 11.3 Å². The van der Waals surface area contributed by atoms with Gasteiger partial charge >= 0.3 is 5.97 Å². The maximum atomic E-state index is 12.8. The number of nitrogens with one attached hydrogen (secondary N) is 1. The van der Waals surface area contributed by atoms with Crippen LogP contribution in [0.25, 0.3) is 17.2 Å².